The highest BCUT2D eigenvalue weighted by molar-refractivity contribution is 7.12. The third-order valence-electron chi connectivity index (χ3n) is 2.59. The molecule has 0 saturated carbocycles. The predicted molar refractivity (Wildman–Crippen MR) is 68.9 cm³/mol. The number of rotatable bonds is 6. The summed E-state index contributed by atoms with van der Waals surface area (Å²) in [6.07, 6.45) is 3.19. The summed E-state index contributed by atoms with van der Waals surface area (Å²) in [4.78, 5) is 12.7. The molecule has 3 N–H and O–H groups in total. The van der Waals surface area contributed by atoms with Crippen molar-refractivity contribution in [3.8, 4) is 0 Å². The SMILES string of the molecule is CCCCC(CN)NC(=O)c1sccc1C. The zero-order valence-electron chi connectivity index (χ0n) is 9.95. The van der Waals surface area contributed by atoms with E-state index in [1.165, 1.54) is 11.3 Å². The Morgan fingerprint density at radius 2 is 2.38 bits per heavy atom. The van der Waals surface area contributed by atoms with E-state index in [0.29, 0.717) is 6.54 Å². The second-order valence-electron chi connectivity index (χ2n) is 3.98. The van der Waals surface area contributed by atoms with Gasteiger partial charge in [0.1, 0.15) is 0 Å². The number of amides is 1. The first-order chi connectivity index (χ1) is 7.69. The Kier molecular flexibility index (Phi) is 5.49. The molecule has 0 bridgehead atoms. The van der Waals surface area contributed by atoms with Crippen LogP contribution in [0.3, 0.4) is 0 Å². The first-order valence-electron chi connectivity index (χ1n) is 5.74. The van der Waals surface area contributed by atoms with Crippen molar-refractivity contribution in [1.29, 1.82) is 0 Å². The molecule has 0 radical (unpaired) electrons. The Morgan fingerprint density at radius 3 is 2.88 bits per heavy atom. The second-order valence-corrected chi connectivity index (χ2v) is 4.90. The summed E-state index contributed by atoms with van der Waals surface area (Å²) >= 11 is 1.48. The monoisotopic (exact) mass is 240 g/mol. The molecule has 16 heavy (non-hydrogen) atoms. The number of thiophene rings is 1. The molecule has 1 heterocycles. The Labute approximate surface area is 101 Å². The standard InChI is InChI=1S/C12H20N2OS/c1-3-4-5-10(8-13)14-12(15)11-9(2)6-7-16-11/h6-7,10H,3-5,8,13H2,1-2H3,(H,14,15). The van der Waals surface area contributed by atoms with Gasteiger partial charge in [-0.2, -0.15) is 0 Å². The van der Waals surface area contributed by atoms with Crippen molar-refractivity contribution in [2.24, 2.45) is 5.73 Å². The Morgan fingerprint density at radius 1 is 1.62 bits per heavy atom. The van der Waals surface area contributed by atoms with Crippen molar-refractivity contribution in [2.75, 3.05) is 6.54 Å². The topological polar surface area (TPSA) is 55.1 Å². The lowest BCUT2D eigenvalue weighted by atomic mass is 10.1. The molecule has 0 aliphatic rings. The van der Waals surface area contributed by atoms with Gasteiger partial charge in [-0.1, -0.05) is 19.8 Å². The summed E-state index contributed by atoms with van der Waals surface area (Å²) in [6, 6.07) is 2.07. The maximum Gasteiger partial charge on any atom is 0.261 e. The van der Waals surface area contributed by atoms with E-state index in [9.17, 15) is 4.79 Å². The molecule has 1 aromatic rings. The number of carbonyl (C=O) groups excluding carboxylic acids is 1. The first-order valence-corrected chi connectivity index (χ1v) is 6.62. The highest BCUT2D eigenvalue weighted by Gasteiger charge is 2.14. The van der Waals surface area contributed by atoms with Crippen LogP contribution >= 0.6 is 11.3 Å². The molecule has 4 heteroatoms. The van der Waals surface area contributed by atoms with E-state index in [1.54, 1.807) is 0 Å². The summed E-state index contributed by atoms with van der Waals surface area (Å²) in [7, 11) is 0. The summed E-state index contributed by atoms with van der Waals surface area (Å²) in [6.45, 7) is 4.60. The van der Waals surface area contributed by atoms with Crippen LogP contribution in [0.25, 0.3) is 0 Å². The van der Waals surface area contributed by atoms with Gasteiger partial charge in [-0.05, 0) is 30.4 Å². The first kappa shape index (κ1) is 13.2. The number of nitrogens with two attached hydrogens (primary N) is 1. The van der Waals surface area contributed by atoms with Gasteiger partial charge in [0.25, 0.3) is 5.91 Å². The molecule has 0 aliphatic carbocycles. The molecule has 1 amide bonds. The predicted octanol–water partition coefficient (Wildman–Crippen LogP) is 2.30. The fourth-order valence-corrected chi connectivity index (χ4v) is 2.38. The third kappa shape index (κ3) is 3.61. The van der Waals surface area contributed by atoms with E-state index < -0.39 is 0 Å². The summed E-state index contributed by atoms with van der Waals surface area (Å²) in [5, 5.41) is 4.93. The lowest BCUT2D eigenvalue weighted by Gasteiger charge is -2.16. The van der Waals surface area contributed by atoms with Gasteiger partial charge in [0.05, 0.1) is 4.88 Å². The molecular weight excluding hydrogens is 220 g/mol. The quantitative estimate of drug-likeness (QED) is 0.801. The fourth-order valence-electron chi connectivity index (χ4n) is 1.56. The van der Waals surface area contributed by atoms with Crippen LogP contribution in [0.5, 0.6) is 0 Å². The Hall–Kier alpha value is -0.870. The number of hydrogen-bond acceptors (Lipinski definition) is 3. The number of unbranched alkanes of at least 4 members (excludes halogenated alkanes) is 1. The van der Waals surface area contributed by atoms with Gasteiger partial charge in [0, 0.05) is 12.6 Å². The van der Waals surface area contributed by atoms with Crippen LogP contribution in [-0.2, 0) is 0 Å². The van der Waals surface area contributed by atoms with Crippen molar-refractivity contribution < 1.29 is 4.79 Å². The second kappa shape index (κ2) is 6.66. The number of nitrogens with one attached hydrogen (secondary N) is 1. The van der Waals surface area contributed by atoms with E-state index >= 15 is 0 Å². The van der Waals surface area contributed by atoms with Crippen LogP contribution in [0.1, 0.15) is 41.4 Å². The Balaban J connectivity index is 2.52. The minimum atomic E-state index is 0.0130. The highest BCUT2D eigenvalue weighted by atomic mass is 32.1. The van der Waals surface area contributed by atoms with Crippen molar-refractivity contribution in [2.45, 2.75) is 39.2 Å². The van der Waals surface area contributed by atoms with Crippen LogP contribution in [0.4, 0.5) is 0 Å². The number of hydrogen-bond donors (Lipinski definition) is 2. The zero-order valence-corrected chi connectivity index (χ0v) is 10.8. The minimum absolute atomic E-state index is 0.0130. The average molecular weight is 240 g/mol. The van der Waals surface area contributed by atoms with Gasteiger partial charge in [-0.15, -0.1) is 11.3 Å². The van der Waals surface area contributed by atoms with Gasteiger partial charge >= 0.3 is 0 Å². The largest absolute Gasteiger partial charge is 0.347 e. The summed E-state index contributed by atoms with van der Waals surface area (Å²) in [5.74, 6) is 0.0130. The van der Waals surface area contributed by atoms with E-state index in [4.69, 9.17) is 5.73 Å². The fraction of sp³-hybridized carbons (Fsp3) is 0.583. The van der Waals surface area contributed by atoms with E-state index in [-0.39, 0.29) is 11.9 Å². The van der Waals surface area contributed by atoms with Crippen molar-refractivity contribution in [1.82, 2.24) is 5.32 Å². The van der Waals surface area contributed by atoms with Gasteiger partial charge in [0.15, 0.2) is 0 Å². The smallest absolute Gasteiger partial charge is 0.261 e. The summed E-state index contributed by atoms with van der Waals surface area (Å²) in [5.41, 5.74) is 6.68. The van der Waals surface area contributed by atoms with Gasteiger partial charge in [-0.3, -0.25) is 4.79 Å². The maximum absolute atomic E-state index is 11.9. The normalized spacial score (nSPS) is 12.4. The van der Waals surface area contributed by atoms with E-state index in [0.717, 1.165) is 29.7 Å². The average Bonchev–Trinajstić information content (AvgIpc) is 2.70. The molecular formula is C12H20N2OS. The van der Waals surface area contributed by atoms with Crippen molar-refractivity contribution in [3.05, 3.63) is 21.9 Å². The molecule has 1 aromatic heterocycles. The molecule has 1 atom stereocenters. The van der Waals surface area contributed by atoms with Gasteiger partial charge in [0.2, 0.25) is 0 Å². The number of aryl methyl sites for hydroxylation is 1. The zero-order chi connectivity index (χ0) is 12.0. The van der Waals surface area contributed by atoms with Crippen LogP contribution in [0.2, 0.25) is 0 Å². The van der Waals surface area contributed by atoms with Crippen LogP contribution in [0, 0.1) is 6.92 Å². The van der Waals surface area contributed by atoms with E-state index in [2.05, 4.69) is 12.2 Å². The molecule has 0 spiro atoms. The molecule has 0 aliphatic heterocycles. The van der Waals surface area contributed by atoms with Crippen LogP contribution in [0.15, 0.2) is 11.4 Å². The van der Waals surface area contributed by atoms with Crippen molar-refractivity contribution in [3.63, 3.8) is 0 Å². The van der Waals surface area contributed by atoms with Gasteiger partial charge in [-0.25, -0.2) is 0 Å². The molecule has 0 fully saturated rings. The third-order valence-corrected chi connectivity index (χ3v) is 3.61. The van der Waals surface area contributed by atoms with Crippen molar-refractivity contribution >= 4 is 17.2 Å². The molecule has 0 saturated heterocycles. The molecule has 1 rings (SSSR count). The van der Waals surface area contributed by atoms with Crippen LogP contribution < -0.4 is 11.1 Å². The summed E-state index contributed by atoms with van der Waals surface area (Å²) < 4.78 is 0. The Bertz CT molecular complexity index is 336. The molecule has 3 nitrogen and oxygen atoms in total. The van der Waals surface area contributed by atoms with Crippen LogP contribution in [-0.4, -0.2) is 18.5 Å². The molecule has 0 aromatic carbocycles. The van der Waals surface area contributed by atoms with Gasteiger partial charge < -0.3 is 11.1 Å². The lowest BCUT2D eigenvalue weighted by molar-refractivity contribution is 0.0939. The minimum Gasteiger partial charge on any atom is -0.347 e. The lowest BCUT2D eigenvalue weighted by Crippen LogP contribution is -2.40. The van der Waals surface area contributed by atoms with E-state index in [1.807, 2.05) is 18.4 Å². The number of carbonyl (C=O) groups is 1. The maximum atomic E-state index is 11.9. The molecule has 1 unspecified atom stereocenters. The highest BCUT2D eigenvalue weighted by Crippen LogP contribution is 2.15. The molecule has 90 valence electrons.